The van der Waals surface area contributed by atoms with Gasteiger partial charge in [-0.2, -0.15) is 24.6 Å². The summed E-state index contributed by atoms with van der Waals surface area (Å²) in [7, 11) is 0. The molecule has 3 fully saturated rings. The van der Waals surface area contributed by atoms with Gasteiger partial charge in [0.05, 0.1) is 115 Å². The Morgan fingerprint density at radius 3 is 0.859 bits per heavy atom. The smallest absolute Gasteiger partial charge is 0.276 e. The van der Waals surface area contributed by atoms with Gasteiger partial charge >= 0.3 is 0 Å². The molecule has 12 heterocycles. The summed E-state index contributed by atoms with van der Waals surface area (Å²) in [6.45, 7) is 30.0. The van der Waals surface area contributed by atoms with E-state index in [1.54, 1.807) is 87.0 Å². The number of carbonyl (C=O) groups is 3. The van der Waals surface area contributed by atoms with Crippen LogP contribution in [-0.2, 0) is 14.4 Å². The van der Waals surface area contributed by atoms with Crippen LogP contribution >= 0.6 is 81.2 Å². The van der Waals surface area contributed by atoms with Gasteiger partial charge in [0.15, 0.2) is 52.2 Å². The highest BCUT2D eigenvalue weighted by Gasteiger charge is 2.39. The fourth-order valence-electron chi connectivity index (χ4n) is 16.4. The summed E-state index contributed by atoms with van der Waals surface area (Å²) in [6, 6.07) is 15.1. The topological polar surface area (TPSA) is 346 Å². The molecule has 27 nitrogen and oxygen atoms in total. The molecule has 0 atom stereocenters. The van der Waals surface area contributed by atoms with Crippen LogP contribution in [0.5, 0.6) is 17.2 Å². The fraction of sp³-hybridized carbons (Fsp3) is 0.258. The van der Waals surface area contributed by atoms with Crippen LogP contribution < -0.4 is 31.4 Å². The minimum atomic E-state index is -2.00. The molecule has 0 unspecified atom stereocenters. The van der Waals surface area contributed by atoms with Gasteiger partial charge in [-0.25, -0.2) is 41.3 Å². The number of halogens is 15. The lowest BCUT2D eigenvalue weighted by atomic mass is 10.0. The van der Waals surface area contributed by atoms with E-state index in [1.807, 2.05) is 59.8 Å². The quantitative estimate of drug-likeness (QED) is 0.0371. The lowest BCUT2D eigenvalue weighted by molar-refractivity contribution is -0.127. The van der Waals surface area contributed by atoms with Gasteiger partial charge in [0.25, 0.3) is 16.7 Å². The fourth-order valence-corrected chi connectivity index (χ4v) is 18.1. The maximum Gasteiger partial charge on any atom is 0.276 e. The van der Waals surface area contributed by atoms with E-state index in [1.165, 1.54) is 41.0 Å². The van der Waals surface area contributed by atoms with E-state index in [9.17, 15) is 81.8 Å². The lowest BCUT2D eigenvalue weighted by Gasteiger charge is -2.36. The molecule has 0 spiro atoms. The summed E-state index contributed by atoms with van der Waals surface area (Å²) < 4.78 is 121. The Kier molecular flexibility index (Phi) is 29.1. The van der Waals surface area contributed by atoms with Gasteiger partial charge in [-0.05, 0) is 110 Å². The van der Waals surface area contributed by atoms with Crippen LogP contribution in [0.2, 0.25) is 35.2 Å². The van der Waals surface area contributed by atoms with E-state index in [0.717, 1.165) is 9.13 Å². The summed E-state index contributed by atoms with van der Waals surface area (Å²) >= 11 is 44.2. The van der Waals surface area contributed by atoms with Gasteiger partial charge in [0.2, 0.25) is 29.4 Å². The van der Waals surface area contributed by atoms with Crippen molar-refractivity contribution in [2.45, 2.75) is 80.1 Å². The van der Waals surface area contributed by atoms with Gasteiger partial charge < -0.3 is 44.7 Å². The van der Waals surface area contributed by atoms with Crippen molar-refractivity contribution in [3.05, 3.63) is 256 Å². The zero-order valence-electron chi connectivity index (χ0n) is 72.8. The molecule has 3 saturated heterocycles. The van der Waals surface area contributed by atoms with E-state index in [4.69, 9.17) is 81.2 Å². The molecule has 9 aromatic heterocycles. The summed E-state index contributed by atoms with van der Waals surface area (Å²) in [5.41, 5.74) is -1.91. The minimum Gasteiger partial charge on any atom is -0.504 e. The molecule has 42 heteroatoms. The molecular formula is C93H75Cl7F8N18O9. The second-order valence-corrected chi connectivity index (χ2v) is 34.8. The van der Waals surface area contributed by atoms with Crippen molar-refractivity contribution in [3.8, 4) is 86.3 Å². The van der Waals surface area contributed by atoms with Gasteiger partial charge in [-0.15, -0.1) is 0 Å². The van der Waals surface area contributed by atoms with E-state index in [2.05, 4.69) is 49.6 Å². The minimum absolute atomic E-state index is 0.0357. The molecule has 3 aliphatic heterocycles. The van der Waals surface area contributed by atoms with Crippen molar-refractivity contribution in [1.29, 1.82) is 15.8 Å². The van der Waals surface area contributed by atoms with Gasteiger partial charge in [-0.3, -0.25) is 57.4 Å². The Bertz CT molecular complexity index is 6650. The Morgan fingerprint density at radius 2 is 0.622 bits per heavy atom. The zero-order chi connectivity index (χ0) is 98.7. The molecule has 3 aromatic carbocycles. The van der Waals surface area contributed by atoms with Gasteiger partial charge in [-0.1, -0.05) is 142 Å². The number of nitrogens with zero attached hydrogens (tertiary/aromatic N) is 18. The summed E-state index contributed by atoms with van der Waals surface area (Å²) in [5, 5.41) is 57.9. The van der Waals surface area contributed by atoms with Crippen LogP contribution in [0.3, 0.4) is 0 Å². The first kappa shape index (κ1) is 99.0. The van der Waals surface area contributed by atoms with Crippen LogP contribution in [-0.4, -0.2) is 170 Å². The number of pyridine rings is 9. The first-order valence-electron chi connectivity index (χ1n) is 41.1. The van der Waals surface area contributed by atoms with Crippen LogP contribution in [0.25, 0.3) is 83.9 Å². The van der Waals surface area contributed by atoms with E-state index in [-0.39, 0.29) is 202 Å². The predicted octanol–water partition coefficient (Wildman–Crippen LogP) is 18.6. The maximum absolute atomic E-state index is 15.5. The number of phenols is 3. The van der Waals surface area contributed by atoms with Gasteiger partial charge in [0, 0.05) is 113 Å². The molecule has 0 radical (unpaired) electrons. The van der Waals surface area contributed by atoms with Crippen molar-refractivity contribution in [1.82, 2.24) is 58.3 Å². The Hall–Kier alpha value is -13.4. The number of aromatic nitrogens is 9. The maximum atomic E-state index is 15.5. The first-order chi connectivity index (χ1) is 64.0. The average molecular weight is 1990 g/mol. The van der Waals surface area contributed by atoms with E-state index < -0.39 is 129 Å². The van der Waals surface area contributed by atoms with Crippen molar-refractivity contribution in [3.63, 3.8) is 0 Å². The molecule has 0 saturated carbocycles. The number of rotatable bonds is 15. The van der Waals surface area contributed by atoms with Crippen LogP contribution in [0.1, 0.15) is 110 Å². The van der Waals surface area contributed by atoms with Crippen molar-refractivity contribution >= 4 is 149 Å². The molecule has 12 aromatic rings. The number of fused-ring (bicyclic) bond motifs is 3. The summed E-state index contributed by atoms with van der Waals surface area (Å²) in [4.78, 5) is 117. The third-order valence-electron chi connectivity index (χ3n) is 23.0. The third-order valence-corrected chi connectivity index (χ3v) is 25.3. The number of aryl methyl sites for hydroxylation is 3. The van der Waals surface area contributed by atoms with Crippen LogP contribution in [0, 0.1) is 101 Å². The summed E-state index contributed by atoms with van der Waals surface area (Å²) in [5.74, 6) is -19.3. The number of amides is 3. The molecule has 3 aliphatic rings. The highest BCUT2D eigenvalue weighted by atomic mass is 35.5. The van der Waals surface area contributed by atoms with Crippen LogP contribution in [0.15, 0.2) is 107 Å². The monoisotopic (exact) mass is 1980 g/mol. The predicted molar refractivity (Wildman–Crippen MR) is 499 cm³/mol. The molecule has 15 rings (SSSR count). The highest BCUT2D eigenvalue weighted by molar-refractivity contribution is 6.40. The Morgan fingerprint density at radius 1 is 0.378 bits per heavy atom. The average Bonchev–Trinajstić information content (AvgIpc) is 0.728. The Balaban J connectivity index is 0.000000171. The molecular weight excluding hydrogens is 1910 g/mol. The molecule has 3 N–H and O–H groups in total. The van der Waals surface area contributed by atoms with Gasteiger partial charge in [0.1, 0.15) is 56.9 Å². The number of benzene rings is 3. The number of nitriles is 3. The van der Waals surface area contributed by atoms with E-state index in [0.29, 0.717) is 50.8 Å². The number of piperazine rings is 3. The second-order valence-electron chi connectivity index (χ2n) is 32.0. The number of hydrogen-bond donors (Lipinski definition) is 3. The van der Waals surface area contributed by atoms with Crippen LogP contribution in [0.4, 0.5) is 52.2 Å². The molecule has 135 heavy (non-hydrogen) atoms. The number of anilines is 3. The summed E-state index contributed by atoms with van der Waals surface area (Å²) in [6.07, 6.45) is 8.34. The third kappa shape index (κ3) is 17.6. The normalized spacial score (nSPS) is 13.4. The number of carbonyl (C=O) groups excluding carboxylic acids is 3. The molecule has 0 aliphatic carbocycles. The SMILES string of the molecule is C=CC(=O)N1CCN(c2c(C#N)c(=O)n(-c3c(C)ccnc3C(C)C)c3nc(-c4c(F)c(Cl)c(F)c(O)c4Cl)c(Cl)cc23)CC1.C=CC(=O)N1CCN(c2c(C#N)c(=O)n(-c3c(C)ccnc3C(C)C)c3nc(-c4c(F)c(F)c(F)c(O)c4Cl)c(Cl)cc23)CC1.C=CC(=O)N1CCN(c2c(C#N)c(=O)n(-c3c(C)ccnc3C(C)C)c3nc(-c4c(F)c(F)c(F)c(O)c4Cl)c(Cl)cc23)CC1. The molecule has 696 valence electrons. The van der Waals surface area contributed by atoms with E-state index >= 15 is 13.2 Å². The standard InChI is InChI=1S/C31H25Cl3F2N6O3.2C31H25Cl2F3N6O3/c1-5-19(43)40-8-10-41(11-9-40)28-16-12-18(32)26(20-21(33)29(44)24(36)22(34)23(20)35)39-30(16)42(31(45)17(28)13-37)27-15(4)6-7-38-25(27)14(2)3;2*1-5-19(43)40-8-10-41(11-9-40)28-16-12-18(32)26(20-21(33)29(44)24(36)23(35)22(20)34)39-30(16)42(31(45)17(28)13-37)27-15(4)6-7-38-25(27)14(2)3/h3*5-7,12,14,44H,1,8-11H2,2-4H3. The number of phenolic OH excluding ortho intramolecular Hbond substituents is 3. The van der Waals surface area contributed by atoms with Crippen molar-refractivity contribution < 1.29 is 64.8 Å². The lowest BCUT2D eigenvalue weighted by Crippen LogP contribution is -2.49. The largest absolute Gasteiger partial charge is 0.504 e. The number of hydrogen-bond acceptors (Lipinski definition) is 21. The Labute approximate surface area is 798 Å². The molecule has 3 amide bonds. The van der Waals surface area contributed by atoms with Crippen molar-refractivity contribution in [2.75, 3.05) is 93.2 Å². The number of aromatic hydroxyl groups is 3. The first-order valence-corrected chi connectivity index (χ1v) is 43.8. The molecule has 0 bridgehead atoms. The second kappa shape index (κ2) is 39.6. The zero-order valence-corrected chi connectivity index (χ0v) is 78.1. The highest BCUT2D eigenvalue weighted by Crippen LogP contribution is 2.50. The van der Waals surface area contributed by atoms with Crippen molar-refractivity contribution in [2.24, 2.45) is 0 Å².